The van der Waals surface area contributed by atoms with Gasteiger partial charge in [-0.2, -0.15) is 0 Å². The van der Waals surface area contributed by atoms with E-state index in [1.165, 1.54) is 32.1 Å². The fraction of sp³-hybridized carbons (Fsp3) is 0.762. The summed E-state index contributed by atoms with van der Waals surface area (Å²) >= 11 is 0. The van der Waals surface area contributed by atoms with Gasteiger partial charge in [0.2, 0.25) is 11.8 Å². The summed E-state index contributed by atoms with van der Waals surface area (Å²) in [4.78, 5) is 30.9. The van der Waals surface area contributed by atoms with Crippen molar-refractivity contribution in [2.45, 2.75) is 71.3 Å². The predicted molar refractivity (Wildman–Crippen MR) is 105 cm³/mol. The Bertz CT molecular complexity index is 613. The van der Waals surface area contributed by atoms with Crippen molar-refractivity contribution < 1.29 is 9.59 Å². The van der Waals surface area contributed by atoms with Crippen LogP contribution >= 0.6 is 0 Å². The van der Waals surface area contributed by atoms with Crippen LogP contribution < -0.4 is 5.32 Å². The average molecular weight is 375 g/mol. The Balaban J connectivity index is 1.31. The van der Waals surface area contributed by atoms with E-state index >= 15 is 0 Å². The molecule has 0 radical (unpaired) electrons. The zero-order chi connectivity index (χ0) is 19.1. The van der Waals surface area contributed by atoms with Gasteiger partial charge in [0, 0.05) is 51.4 Å². The molecular weight excluding hydrogens is 340 g/mol. The van der Waals surface area contributed by atoms with Crippen molar-refractivity contribution in [3.05, 3.63) is 18.2 Å². The Morgan fingerprint density at radius 1 is 1.07 bits per heavy atom. The van der Waals surface area contributed by atoms with Gasteiger partial charge in [-0.25, -0.2) is 4.98 Å². The second-order valence-electron chi connectivity index (χ2n) is 8.25. The highest BCUT2D eigenvalue weighted by Crippen LogP contribution is 2.28. The van der Waals surface area contributed by atoms with E-state index in [2.05, 4.69) is 10.3 Å². The van der Waals surface area contributed by atoms with Crippen LogP contribution in [-0.2, 0) is 16.1 Å². The average Bonchev–Trinajstić information content (AvgIpc) is 3.08. The maximum atomic E-state index is 12.5. The number of aryl methyl sites for hydroxylation is 1. The fourth-order valence-corrected chi connectivity index (χ4v) is 4.44. The molecule has 6 heteroatoms. The quantitative estimate of drug-likeness (QED) is 0.798. The van der Waals surface area contributed by atoms with E-state index in [1.807, 2.05) is 22.6 Å². The molecule has 27 heavy (non-hydrogen) atoms. The Hall–Kier alpha value is -1.85. The van der Waals surface area contributed by atoms with Gasteiger partial charge in [-0.1, -0.05) is 19.3 Å². The molecule has 1 aromatic rings. The van der Waals surface area contributed by atoms with E-state index in [0.29, 0.717) is 30.7 Å². The Kier molecular flexibility index (Phi) is 7.30. The molecule has 0 unspecified atom stereocenters. The highest BCUT2D eigenvalue weighted by atomic mass is 16.2. The molecule has 1 aliphatic heterocycles. The van der Waals surface area contributed by atoms with E-state index in [1.54, 1.807) is 6.20 Å². The monoisotopic (exact) mass is 374 g/mol. The third-order valence-electron chi connectivity index (χ3n) is 6.23. The first-order valence-electron chi connectivity index (χ1n) is 10.6. The zero-order valence-electron chi connectivity index (χ0n) is 16.7. The minimum absolute atomic E-state index is 0.125. The van der Waals surface area contributed by atoms with Crippen LogP contribution in [0.1, 0.15) is 63.6 Å². The molecule has 2 heterocycles. The summed E-state index contributed by atoms with van der Waals surface area (Å²) in [6.45, 7) is 4.99. The topological polar surface area (TPSA) is 67.2 Å². The molecule has 3 rings (SSSR count). The molecule has 1 saturated heterocycles. The van der Waals surface area contributed by atoms with Gasteiger partial charge in [-0.3, -0.25) is 9.59 Å². The van der Waals surface area contributed by atoms with E-state index in [4.69, 9.17) is 0 Å². The van der Waals surface area contributed by atoms with Gasteiger partial charge < -0.3 is 14.8 Å². The summed E-state index contributed by atoms with van der Waals surface area (Å²) in [5.41, 5.74) is 0. The maximum Gasteiger partial charge on any atom is 0.222 e. The molecule has 0 spiro atoms. The molecule has 0 aromatic carbocycles. The minimum Gasteiger partial charge on any atom is -0.354 e. The number of imidazole rings is 1. The summed E-state index contributed by atoms with van der Waals surface area (Å²) in [6.07, 6.45) is 13.3. The summed E-state index contributed by atoms with van der Waals surface area (Å²) in [6, 6.07) is 0. The lowest BCUT2D eigenvalue weighted by Crippen LogP contribution is -2.40. The molecule has 1 N–H and O–H groups in total. The molecule has 2 fully saturated rings. The fourth-order valence-electron chi connectivity index (χ4n) is 4.44. The SMILES string of the molecule is Cc1nccn1CCNC(=O)CC1CCN(C(=O)CC2CCCCC2)CC1. The Morgan fingerprint density at radius 2 is 1.78 bits per heavy atom. The number of likely N-dealkylation sites (tertiary alicyclic amines) is 1. The van der Waals surface area contributed by atoms with Gasteiger partial charge >= 0.3 is 0 Å². The largest absolute Gasteiger partial charge is 0.354 e. The molecule has 1 aromatic heterocycles. The number of hydrogen-bond donors (Lipinski definition) is 1. The van der Waals surface area contributed by atoms with Crippen molar-refractivity contribution in [1.29, 1.82) is 0 Å². The van der Waals surface area contributed by atoms with E-state index in [-0.39, 0.29) is 5.91 Å². The van der Waals surface area contributed by atoms with Crippen molar-refractivity contribution in [2.75, 3.05) is 19.6 Å². The van der Waals surface area contributed by atoms with Gasteiger partial charge in [0.1, 0.15) is 5.82 Å². The van der Waals surface area contributed by atoms with Crippen LogP contribution in [0.25, 0.3) is 0 Å². The first kappa shape index (κ1) is 19.9. The second-order valence-corrected chi connectivity index (χ2v) is 8.25. The first-order chi connectivity index (χ1) is 13.1. The highest BCUT2D eigenvalue weighted by molar-refractivity contribution is 5.77. The predicted octanol–water partition coefficient (Wildman–Crippen LogP) is 2.91. The van der Waals surface area contributed by atoms with Crippen molar-refractivity contribution in [3.8, 4) is 0 Å². The number of nitrogens with one attached hydrogen (secondary N) is 1. The van der Waals surface area contributed by atoms with Gasteiger partial charge in [-0.15, -0.1) is 0 Å². The summed E-state index contributed by atoms with van der Waals surface area (Å²) in [7, 11) is 0. The van der Waals surface area contributed by atoms with Gasteiger partial charge in [0.25, 0.3) is 0 Å². The third kappa shape index (κ3) is 6.08. The number of amides is 2. The second kappa shape index (κ2) is 9.90. The van der Waals surface area contributed by atoms with Crippen LogP contribution in [0.2, 0.25) is 0 Å². The normalized spacial score (nSPS) is 19.2. The molecule has 0 atom stereocenters. The van der Waals surface area contributed by atoms with Gasteiger partial charge in [0.05, 0.1) is 0 Å². The lowest BCUT2D eigenvalue weighted by atomic mass is 9.86. The van der Waals surface area contributed by atoms with Crippen LogP contribution in [-0.4, -0.2) is 45.9 Å². The first-order valence-corrected chi connectivity index (χ1v) is 10.6. The smallest absolute Gasteiger partial charge is 0.222 e. The van der Waals surface area contributed by atoms with Crippen molar-refractivity contribution >= 4 is 11.8 Å². The number of nitrogens with zero attached hydrogens (tertiary/aromatic N) is 3. The van der Waals surface area contributed by atoms with Crippen molar-refractivity contribution in [2.24, 2.45) is 11.8 Å². The molecule has 6 nitrogen and oxygen atoms in total. The molecule has 1 saturated carbocycles. The van der Waals surface area contributed by atoms with Gasteiger partial charge in [-0.05, 0) is 44.4 Å². The number of hydrogen-bond acceptors (Lipinski definition) is 3. The van der Waals surface area contributed by atoms with E-state index in [0.717, 1.165) is 44.7 Å². The third-order valence-corrected chi connectivity index (χ3v) is 6.23. The lowest BCUT2D eigenvalue weighted by molar-refractivity contribution is -0.134. The molecule has 2 amide bonds. The number of aromatic nitrogens is 2. The van der Waals surface area contributed by atoms with Crippen molar-refractivity contribution in [3.63, 3.8) is 0 Å². The summed E-state index contributed by atoms with van der Waals surface area (Å²) in [5, 5.41) is 3.02. The number of rotatable bonds is 7. The number of piperidine rings is 1. The minimum atomic E-state index is 0.125. The standard InChI is InChI=1S/C21H34N4O2/c1-17-22-9-13-24(17)14-10-23-20(26)15-19-7-11-25(12-8-19)21(27)16-18-5-3-2-4-6-18/h9,13,18-19H,2-8,10-12,14-16H2,1H3,(H,23,26). The van der Waals surface area contributed by atoms with Crippen LogP contribution in [0.5, 0.6) is 0 Å². The van der Waals surface area contributed by atoms with Crippen LogP contribution in [0.3, 0.4) is 0 Å². The molecule has 2 aliphatic rings. The van der Waals surface area contributed by atoms with Crippen molar-refractivity contribution in [1.82, 2.24) is 19.8 Å². The number of carbonyl (C=O) groups is 2. The molecular formula is C21H34N4O2. The summed E-state index contributed by atoms with van der Waals surface area (Å²) in [5.74, 6) is 2.43. The van der Waals surface area contributed by atoms with E-state index < -0.39 is 0 Å². The van der Waals surface area contributed by atoms with Crippen LogP contribution in [0, 0.1) is 18.8 Å². The maximum absolute atomic E-state index is 12.5. The van der Waals surface area contributed by atoms with E-state index in [9.17, 15) is 9.59 Å². The molecule has 0 bridgehead atoms. The lowest BCUT2D eigenvalue weighted by Gasteiger charge is -2.33. The van der Waals surface area contributed by atoms with Crippen LogP contribution in [0.15, 0.2) is 12.4 Å². The van der Waals surface area contributed by atoms with Crippen LogP contribution in [0.4, 0.5) is 0 Å². The Morgan fingerprint density at radius 3 is 2.44 bits per heavy atom. The van der Waals surface area contributed by atoms with Gasteiger partial charge in [0.15, 0.2) is 0 Å². The highest BCUT2D eigenvalue weighted by Gasteiger charge is 2.26. The zero-order valence-corrected chi connectivity index (χ0v) is 16.7. The summed E-state index contributed by atoms with van der Waals surface area (Å²) < 4.78 is 2.04. The molecule has 150 valence electrons. The Labute approximate surface area is 162 Å². The number of carbonyl (C=O) groups excluding carboxylic acids is 2. The molecule has 1 aliphatic carbocycles.